The van der Waals surface area contributed by atoms with Crippen LogP contribution in [0.5, 0.6) is 0 Å². The molecular formula is C24H32N5O8PS. The average Bonchev–Trinajstić information content (AvgIpc) is 3.43. The summed E-state index contributed by atoms with van der Waals surface area (Å²) in [5.74, 6) is -0.000460. The molecule has 1 amide bonds. The van der Waals surface area contributed by atoms with Gasteiger partial charge in [-0.1, -0.05) is 30.3 Å². The molecule has 1 fully saturated rings. The first kappa shape index (κ1) is 32.1. The largest absolute Gasteiger partial charge is 0.480 e. The second-order valence-corrected chi connectivity index (χ2v) is 10.7. The Morgan fingerprint density at radius 3 is 2.51 bits per heavy atom. The van der Waals surface area contributed by atoms with Crippen LogP contribution >= 0.6 is 19.6 Å². The molecule has 13 nitrogen and oxygen atoms in total. The maximum absolute atomic E-state index is 12.7. The van der Waals surface area contributed by atoms with Crippen LogP contribution in [-0.4, -0.2) is 66.4 Å². The number of nitrogens with one attached hydrogen (secondary N) is 1. The molecule has 212 valence electrons. The predicted molar refractivity (Wildman–Crippen MR) is 145 cm³/mol. The lowest BCUT2D eigenvalue weighted by molar-refractivity contribution is -0.139. The fraction of sp³-hybridized carbons (Fsp3) is 0.375. The number of phosphoric acid groups is 1. The molecule has 0 spiro atoms. The SMILES string of the molecule is C/C(=C(\CCOP(=O)(O)O)SC(=O)c1ccccc1)N(C=O)Cc1cnc(C)nc1N.O=C(O)[C@@H]1CCCN1. The number of hydrogen-bond acceptors (Lipinski definition) is 10. The van der Waals surface area contributed by atoms with Gasteiger partial charge in [-0.15, -0.1) is 0 Å². The van der Waals surface area contributed by atoms with Crippen LogP contribution < -0.4 is 11.1 Å². The smallest absolute Gasteiger partial charge is 0.469 e. The van der Waals surface area contributed by atoms with Crippen molar-refractivity contribution in [2.45, 2.75) is 45.7 Å². The van der Waals surface area contributed by atoms with Crippen molar-refractivity contribution < 1.29 is 38.4 Å². The maximum atomic E-state index is 12.7. The summed E-state index contributed by atoms with van der Waals surface area (Å²) in [6.45, 7) is 3.89. The number of aryl methyl sites for hydroxylation is 1. The number of nitrogens with two attached hydrogens (primary N) is 1. The standard InChI is InChI=1S/C19H23N4O6PS.C5H9NO2/c1-13(23(12-24)11-16-10-21-14(2)22-18(16)20)17(8-9-29-30(26,27)28)31-19(25)15-6-4-3-5-7-15;7-5(8)4-2-1-3-6-4/h3-7,10,12H,8-9,11H2,1-2H3,(H2,20,21,22)(H2,26,27,28);4,6H,1-3H2,(H,7,8)/b17-13-;/t;4-/m.0/s1. The second kappa shape index (κ2) is 15.5. The number of aromatic nitrogens is 2. The zero-order valence-corrected chi connectivity index (χ0v) is 23.2. The summed E-state index contributed by atoms with van der Waals surface area (Å²) in [5, 5.41) is 10.9. The molecule has 3 rings (SSSR count). The van der Waals surface area contributed by atoms with Crippen LogP contribution in [0.1, 0.15) is 47.9 Å². The Morgan fingerprint density at radius 2 is 2.00 bits per heavy atom. The molecule has 6 N–H and O–H groups in total. The molecule has 1 aromatic heterocycles. The molecule has 0 saturated carbocycles. The first-order valence-corrected chi connectivity index (χ1v) is 14.2. The Kier molecular flexibility index (Phi) is 12.7. The van der Waals surface area contributed by atoms with Crippen molar-refractivity contribution in [2.24, 2.45) is 0 Å². The van der Waals surface area contributed by atoms with E-state index in [0.717, 1.165) is 31.1 Å². The summed E-state index contributed by atoms with van der Waals surface area (Å²) in [6.07, 6.45) is 3.88. The van der Waals surface area contributed by atoms with Crippen LogP contribution in [0.4, 0.5) is 5.82 Å². The molecule has 15 heteroatoms. The van der Waals surface area contributed by atoms with Crippen LogP contribution in [0.15, 0.2) is 47.1 Å². The van der Waals surface area contributed by atoms with E-state index in [1.165, 1.54) is 11.1 Å². The van der Waals surface area contributed by atoms with E-state index in [-0.39, 0.29) is 36.5 Å². The number of aliphatic carboxylic acids is 1. The third kappa shape index (κ3) is 11.2. The molecule has 2 heterocycles. The summed E-state index contributed by atoms with van der Waals surface area (Å²) in [5.41, 5.74) is 7.29. The maximum Gasteiger partial charge on any atom is 0.469 e. The van der Waals surface area contributed by atoms with Gasteiger partial charge >= 0.3 is 13.8 Å². The number of carboxylic acid groups (broad SMARTS) is 1. The monoisotopic (exact) mass is 581 g/mol. The lowest BCUT2D eigenvalue weighted by Crippen LogP contribution is -2.29. The highest BCUT2D eigenvalue weighted by Crippen LogP contribution is 2.37. The molecule has 1 atom stereocenters. The van der Waals surface area contributed by atoms with Crippen molar-refractivity contribution in [2.75, 3.05) is 18.9 Å². The first-order chi connectivity index (χ1) is 18.4. The summed E-state index contributed by atoms with van der Waals surface area (Å²) in [4.78, 5) is 62.4. The number of carboxylic acids is 1. The Morgan fingerprint density at radius 1 is 1.31 bits per heavy atom. The zero-order valence-electron chi connectivity index (χ0n) is 21.5. The third-order valence-corrected chi connectivity index (χ3v) is 7.18. The number of benzene rings is 1. The van der Waals surface area contributed by atoms with Crippen molar-refractivity contribution in [1.82, 2.24) is 20.2 Å². The molecule has 1 aliphatic rings. The molecule has 0 bridgehead atoms. The number of nitrogen functional groups attached to an aromatic ring is 1. The number of allylic oxidation sites excluding steroid dienone is 1. The topological polar surface area (TPSA) is 205 Å². The first-order valence-electron chi connectivity index (χ1n) is 11.8. The predicted octanol–water partition coefficient (Wildman–Crippen LogP) is 2.45. The minimum Gasteiger partial charge on any atom is -0.480 e. The van der Waals surface area contributed by atoms with Gasteiger partial charge in [0.15, 0.2) is 0 Å². The van der Waals surface area contributed by atoms with Crippen molar-refractivity contribution in [3.8, 4) is 0 Å². The normalized spacial score (nSPS) is 15.5. The van der Waals surface area contributed by atoms with Gasteiger partial charge in [-0.2, -0.15) is 0 Å². The van der Waals surface area contributed by atoms with E-state index in [4.69, 9.17) is 20.6 Å². The van der Waals surface area contributed by atoms with E-state index in [0.29, 0.717) is 34.0 Å². The second-order valence-electron chi connectivity index (χ2n) is 8.39. The van der Waals surface area contributed by atoms with Crippen LogP contribution in [0.25, 0.3) is 0 Å². The number of thioether (sulfide) groups is 1. The fourth-order valence-corrected chi connectivity index (χ4v) is 4.67. The van der Waals surface area contributed by atoms with Gasteiger partial charge in [-0.25, -0.2) is 14.5 Å². The molecule has 0 radical (unpaired) electrons. The molecule has 1 aromatic carbocycles. The summed E-state index contributed by atoms with van der Waals surface area (Å²) in [7, 11) is -4.67. The number of phosphoric ester groups is 1. The number of rotatable bonds is 11. The molecule has 0 unspecified atom stereocenters. The van der Waals surface area contributed by atoms with E-state index in [9.17, 15) is 18.9 Å². The summed E-state index contributed by atoms with van der Waals surface area (Å²) >= 11 is 0.862. The lowest BCUT2D eigenvalue weighted by Gasteiger charge is -2.22. The number of anilines is 1. The quantitative estimate of drug-likeness (QED) is 0.191. The highest BCUT2D eigenvalue weighted by atomic mass is 32.2. The Labute approximate surface area is 230 Å². The van der Waals surface area contributed by atoms with Crippen LogP contribution in [0.2, 0.25) is 0 Å². The number of amides is 1. The van der Waals surface area contributed by atoms with Gasteiger partial charge in [0.05, 0.1) is 13.2 Å². The minimum absolute atomic E-state index is 0.00437. The molecule has 0 aliphatic carbocycles. The Hall–Kier alpha value is -3.13. The van der Waals surface area contributed by atoms with Crippen molar-refractivity contribution in [3.05, 3.63) is 64.1 Å². The minimum atomic E-state index is -4.67. The fourth-order valence-electron chi connectivity index (χ4n) is 3.42. The van der Waals surface area contributed by atoms with Gasteiger partial charge in [-0.05, 0) is 45.0 Å². The van der Waals surface area contributed by atoms with E-state index >= 15 is 0 Å². The zero-order chi connectivity index (χ0) is 29.0. The van der Waals surface area contributed by atoms with E-state index in [1.807, 2.05) is 0 Å². The van der Waals surface area contributed by atoms with Gasteiger partial charge in [0.25, 0.3) is 0 Å². The Balaban J connectivity index is 0.000000568. The molecular weight excluding hydrogens is 549 g/mol. The Bertz CT molecular complexity index is 1220. The van der Waals surface area contributed by atoms with Gasteiger partial charge < -0.3 is 30.8 Å². The van der Waals surface area contributed by atoms with Gasteiger partial charge in [0.2, 0.25) is 11.5 Å². The van der Waals surface area contributed by atoms with Crippen molar-refractivity contribution >= 4 is 42.9 Å². The molecule has 39 heavy (non-hydrogen) atoms. The van der Waals surface area contributed by atoms with Gasteiger partial charge in [0.1, 0.15) is 17.7 Å². The number of hydrogen-bond donors (Lipinski definition) is 5. The highest BCUT2D eigenvalue weighted by Gasteiger charge is 2.21. The van der Waals surface area contributed by atoms with E-state index < -0.39 is 13.8 Å². The summed E-state index contributed by atoms with van der Waals surface area (Å²) < 4.78 is 15.5. The third-order valence-electron chi connectivity index (χ3n) is 5.49. The number of carbonyl (C=O) groups is 3. The van der Waals surface area contributed by atoms with Crippen LogP contribution in [0.3, 0.4) is 0 Å². The van der Waals surface area contributed by atoms with Crippen LogP contribution in [-0.2, 0) is 25.2 Å². The lowest BCUT2D eigenvalue weighted by atomic mass is 10.2. The van der Waals surface area contributed by atoms with Gasteiger partial charge in [0, 0.05) is 34.3 Å². The molecule has 1 aliphatic heterocycles. The van der Waals surface area contributed by atoms with Crippen molar-refractivity contribution in [3.63, 3.8) is 0 Å². The molecule has 2 aromatic rings. The number of carbonyl (C=O) groups excluding carboxylic acids is 2. The molecule has 1 saturated heterocycles. The van der Waals surface area contributed by atoms with Crippen LogP contribution in [0, 0.1) is 6.92 Å². The van der Waals surface area contributed by atoms with Gasteiger partial charge in [-0.3, -0.25) is 18.9 Å². The van der Waals surface area contributed by atoms with E-state index in [1.54, 1.807) is 44.2 Å². The van der Waals surface area contributed by atoms with Crippen molar-refractivity contribution in [1.29, 1.82) is 0 Å². The highest BCUT2D eigenvalue weighted by molar-refractivity contribution is 8.17. The summed E-state index contributed by atoms with van der Waals surface area (Å²) in [6, 6.07) is 8.25. The number of nitrogens with zero attached hydrogens (tertiary/aromatic N) is 3. The average molecular weight is 582 g/mol. The van der Waals surface area contributed by atoms with E-state index in [2.05, 4.69) is 19.8 Å².